The Hall–Kier alpha value is -15.6. The van der Waals surface area contributed by atoms with Crippen molar-refractivity contribution in [3.05, 3.63) is 500 Å². The Kier molecular flexibility index (Phi) is 22.7. The van der Waals surface area contributed by atoms with Crippen molar-refractivity contribution in [2.75, 3.05) is 29.8 Å². The van der Waals surface area contributed by atoms with E-state index in [4.69, 9.17) is 11.6 Å². The number of benzene rings is 20. The summed E-state index contributed by atoms with van der Waals surface area (Å²) < 4.78 is 10.1. The number of nitrogens with one attached hydrogen (secondary N) is 1. The summed E-state index contributed by atoms with van der Waals surface area (Å²) in [5, 5.41) is 14.3. The van der Waals surface area contributed by atoms with E-state index in [9.17, 15) is 0 Å². The second kappa shape index (κ2) is 36.2. The van der Waals surface area contributed by atoms with Gasteiger partial charge in [0.15, 0.2) is 0 Å². The van der Waals surface area contributed by atoms with Gasteiger partial charge in [0.25, 0.3) is 0 Å². The summed E-state index contributed by atoms with van der Waals surface area (Å²) in [7, 11) is 0. The van der Waals surface area contributed by atoms with Crippen molar-refractivity contribution in [2.24, 2.45) is 0 Å². The molecular formula is C127H95ClN6S4. The summed E-state index contributed by atoms with van der Waals surface area (Å²) in [5.41, 5.74) is 29.4. The van der Waals surface area contributed by atoms with Crippen molar-refractivity contribution >= 4 is 234 Å². The van der Waals surface area contributed by atoms with Gasteiger partial charge in [-0.05, 0) is 263 Å². The van der Waals surface area contributed by atoms with Crippen LogP contribution in [0.4, 0.5) is 96.7 Å². The Morgan fingerprint density at radius 1 is 0.196 bits per heavy atom. The lowest BCUT2D eigenvalue weighted by molar-refractivity contribution is 0.660. The molecule has 24 aromatic rings. The summed E-state index contributed by atoms with van der Waals surface area (Å²) in [6.07, 6.45) is 0. The van der Waals surface area contributed by atoms with E-state index in [1.807, 2.05) is 52.2 Å². The first-order chi connectivity index (χ1) is 67.3. The van der Waals surface area contributed by atoms with E-state index in [-0.39, 0.29) is 18.3 Å². The lowest BCUT2D eigenvalue weighted by Crippen LogP contribution is -2.16. The normalized spacial score (nSPS) is 12.4. The predicted octanol–water partition coefficient (Wildman–Crippen LogP) is 39.5. The quantitative estimate of drug-likeness (QED) is 0.0977. The first-order valence-electron chi connectivity index (χ1n) is 46.5. The van der Waals surface area contributed by atoms with E-state index in [1.165, 1.54) is 120 Å². The first-order valence-corrected chi connectivity index (χ1v) is 50.2. The number of para-hydroxylation sites is 8. The van der Waals surface area contributed by atoms with Crippen LogP contribution < -0.4 is 29.8 Å². The summed E-state index contributed by atoms with van der Waals surface area (Å²) in [6.45, 7) is 9.41. The maximum Gasteiger partial charge on any atom is 0.0575 e. The average Bonchev–Trinajstić information content (AvgIpc) is 1.56. The minimum atomic E-state index is -0.125. The third-order valence-corrected chi connectivity index (χ3v) is 31.8. The molecule has 2 aliphatic carbocycles. The average molecular weight is 1870 g/mol. The molecule has 0 unspecified atom stereocenters. The van der Waals surface area contributed by atoms with Crippen LogP contribution in [0.15, 0.2) is 473 Å². The molecule has 2 aliphatic rings. The van der Waals surface area contributed by atoms with Gasteiger partial charge in [-0.15, -0.1) is 45.3 Å². The molecule has 0 bridgehead atoms. The Labute approximate surface area is 826 Å². The molecule has 0 radical (unpaired) electrons. The van der Waals surface area contributed by atoms with Gasteiger partial charge in [-0.3, -0.25) is 0 Å². The van der Waals surface area contributed by atoms with Crippen LogP contribution in [0.25, 0.3) is 103 Å². The van der Waals surface area contributed by atoms with E-state index in [0.29, 0.717) is 0 Å². The molecule has 0 atom stereocenters. The van der Waals surface area contributed by atoms with Crippen molar-refractivity contribution in [3.63, 3.8) is 0 Å². The molecule has 6 nitrogen and oxygen atoms in total. The monoisotopic (exact) mass is 1870 g/mol. The van der Waals surface area contributed by atoms with Gasteiger partial charge in [0.1, 0.15) is 0 Å². The van der Waals surface area contributed by atoms with Gasteiger partial charge >= 0.3 is 0 Å². The third-order valence-electron chi connectivity index (χ3n) is 27.1. The molecule has 11 heteroatoms. The second-order valence-corrected chi connectivity index (χ2v) is 40.9. The molecule has 0 saturated carbocycles. The minimum Gasteiger partial charge on any atom is -0.355 e. The molecule has 138 heavy (non-hydrogen) atoms. The van der Waals surface area contributed by atoms with Gasteiger partial charge in [-0.25, -0.2) is 0 Å². The zero-order valence-electron chi connectivity index (χ0n) is 75.8. The van der Waals surface area contributed by atoms with Crippen LogP contribution >= 0.6 is 56.9 Å². The molecule has 0 aliphatic heterocycles. The second-order valence-electron chi connectivity index (χ2n) is 36.1. The standard InChI is InChI=1S/C63H45N3S2.C45H33ClN2S.C18H13NS.CH4/c1-63(2)55-29-17-15-27-50(55)51-34-31-47(38-56(51)63)64(42-19-7-3-8-20-42)46-33-36-59-54(37-46)62-57(66(44-23-11-5-12-24-44)45-25-13-6-14-26-45)39-49(41-61(62)68-59)65(43-21-9-4-10-22-43)48-32-35-53-52-28-16-18-30-58(52)67-60(53)40-48;1-45(2)39-21-13-12-20-36(39)37-24-22-35(29-40(37)45)47(31-14-6-3-7-15-31)34-23-25-42-38(28-34)44-41(26-30(46)27-43(44)49-42)48(32-16-8-4-9-17-32)33-18-10-5-11-19-33;1-2-6-13(7-3-1)19-14-10-11-16-15-8-4-5-9-17(15)20-18(16)12-14;/h3-41H,1-2H3;3-29H,1-2H3;1-12,19H;1H4. The Bertz CT molecular complexity index is 8580. The summed E-state index contributed by atoms with van der Waals surface area (Å²) in [4.78, 5) is 12.0. The van der Waals surface area contributed by atoms with Gasteiger partial charge in [-0.2, -0.15) is 0 Å². The fourth-order valence-electron chi connectivity index (χ4n) is 20.7. The fraction of sp³-hybridized carbons (Fsp3) is 0.0551. The molecule has 0 saturated heterocycles. The largest absolute Gasteiger partial charge is 0.355 e. The topological polar surface area (TPSA) is 28.2 Å². The molecule has 0 fully saturated rings. The fourth-order valence-corrected chi connectivity index (χ4v) is 25.6. The van der Waals surface area contributed by atoms with E-state index in [2.05, 4.69) is 512 Å². The molecular weight excluding hydrogens is 1770 g/mol. The number of fused-ring (bicyclic) bond motifs is 18. The Balaban J connectivity index is 0.000000132. The highest BCUT2D eigenvalue weighted by atomic mass is 35.5. The van der Waals surface area contributed by atoms with Crippen LogP contribution in [0.3, 0.4) is 0 Å². The summed E-state index contributed by atoms with van der Waals surface area (Å²) in [6, 6.07) is 171. The highest BCUT2D eigenvalue weighted by molar-refractivity contribution is 7.27. The van der Waals surface area contributed by atoms with Crippen LogP contribution in [-0.4, -0.2) is 0 Å². The van der Waals surface area contributed by atoms with Gasteiger partial charge in [0.05, 0.1) is 11.4 Å². The maximum absolute atomic E-state index is 6.89. The molecule has 4 heterocycles. The number of hydrogen-bond donors (Lipinski definition) is 1. The first kappa shape index (κ1) is 86.5. The number of hydrogen-bond acceptors (Lipinski definition) is 10. The zero-order valence-corrected chi connectivity index (χ0v) is 79.8. The smallest absolute Gasteiger partial charge is 0.0575 e. The Morgan fingerprint density at radius 3 is 0.935 bits per heavy atom. The molecule has 4 aromatic heterocycles. The van der Waals surface area contributed by atoms with E-state index >= 15 is 0 Å². The van der Waals surface area contributed by atoms with Gasteiger partial charge in [0, 0.05) is 182 Å². The number of thiophene rings is 4. The summed E-state index contributed by atoms with van der Waals surface area (Å²) in [5.74, 6) is 0. The lowest BCUT2D eigenvalue weighted by Gasteiger charge is -2.30. The number of halogens is 1. The maximum atomic E-state index is 6.89. The van der Waals surface area contributed by atoms with E-state index in [0.717, 1.165) is 106 Å². The lowest BCUT2D eigenvalue weighted by atomic mass is 9.82. The molecule has 20 aromatic carbocycles. The highest BCUT2D eigenvalue weighted by Crippen LogP contribution is 2.57. The van der Waals surface area contributed by atoms with Crippen molar-refractivity contribution in [1.29, 1.82) is 0 Å². The summed E-state index contributed by atoms with van der Waals surface area (Å²) >= 11 is 14.2. The van der Waals surface area contributed by atoms with Crippen LogP contribution in [-0.2, 0) is 10.8 Å². The van der Waals surface area contributed by atoms with Crippen LogP contribution in [0.1, 0.15) is 57.4 Å². The SMILES string of the molecule is C.CC1(C)c2ccccc2-c2ccc(N(c3ccccc3)c3ccc4sc5cc(Cl)cc(N(c6ccccc6)c6ccccc6)c5c4c3)cc21.CC1(C)c2ccccc2-c2ccc(N(c3ccccc3)c3ccc4sc5cc(N(c6ccccc6)c6ccc7c(c6)sc6ccccc67)cc(N(c6ccccc6)c6ccccc6)c5c4c3)cc21.c1ccc(Nc2ccc3c(c2)sc2ccccc23)cc1. The van der Waals surface area contributed by atoms with E-state index < -0.39 is 0 Å². The van der Waals surface area contributed by atoms with Crippen LogP contribution in [0, 0.1) is 0 Å². The van der Waals surface area contributed by atoms with Crippen LogP contribution in [0.5, 0.6) is 0 Å². The van der Waals surface area contributed by atoms with E-state index in [1.54, 1.807) is 11.3 Å². The number of rotatable bonds is 17. The van der Waals surface area contributed by atoms with Gasteiger partial charge in [0.2, 0.25) is 0 Å². The van der Waals surface area contributed by atoms with Crippen molar-refractivity contribution < 1.29 is 0 Å². The molecule has 0 spiro atoms. The highest BCUT2D eigenvalue weighted by Gasteiger charge is 2.38. The van der Waals surface area contributed by atoms with Gasteiger partial charge < -0.3 is 29.8 Å². The molecule has 0 amide bonds. The number of nitrogens with zero attached hydrogens (tertiary/aromatic N) is 5. The van der Waals surface area contributed by atoms with Crippen molar-refractivity contribution in [3.8, 4) is 22.3 Å². The predicted molar refractivity (Wildman–Crippen MR) is 601 cm³/mol. The van der Waals surface area contributed by atoms with Crippen molar-refractivity contribution in [1.82, 2.24) is 0 Å². The number of anilines is 17. The molecule has 1 N–H and O–H groups in total. The van der Waals surface area contributed by atoms with Gasteiger partial charge in [-0.1, -0.05) is 302 Å². The molecule has 26 rings (SSSR count). The third kappa shape index (κ3) is 15.7. The van der Waals surface area contributed by atoms with Crippen LogP contribution in [0.2, 0.25) is 5.02 Å². The van der Waals surface area contributed by atoms with Crippen molar-refractivity contribution in [2.45, 2.75) is 46.0 Å². The zero-order chi connectivity index (χ0) is 91.8. The molecule has 664 valence electrons. The Morgan fingerprint density at radius 2 is 0.493 bits per heavy atom. The minimum absolute atomic E-state index is 0.